The first-order valence-electron chi connectivity index (χ1n) is 6.57. The van der Waals surface area contributed by atoms with E-state index in [9.17, 15) is 0 Å². The average Bonchev–Trinajstić information content (AvgIpc) is 3.06. The standard InChI is InChI=1S/C17H14/c1-3-12-6-7-14-5-2-9-16-10-8-13(4-1)15(12)17(14,16)11-16/h1,3-8,10H,2,9,11H2. The molecule has 0 radical (unpaired) electrons. The average molecular weight is 218 g/mol. The van der Waals surface area contributed by atoms with Crippen LogP contribution in [0.4, 0.5) is 0 Å². The zero-order chi connectivity index (χ0) is 11.1. The zero-order valence-corrected chi connectivity index (χ0v) is 9.74. The largest absolute Gasteiger partial charge is 0.0803 e. The summed E-state index contributed by atoms with van der Waals surface area (Å²) < 4.78 is 0. The lowest BCUT2D eigenvalue weighted by molar-refractivity contribution is 0.490. The molecule has 0 heterocycles. The van der Waals surface area contributed by atoms with Crippen molar-refractivity contribution in [1.82, 2.24) is 0 Å². The molecule has 4 aliphatic carbocycles. The Morgan fingerprint density at radius 2 is 1.88 bits per heavy atom. The van der Waals surface area contributed by atoms with Gasteiger partial charge >= 0.3 is 0 Å². The molecule has 0 aliphatic heterocycles. The monoisotopic (exact) mass is 218 g/mol. The second-order valence-corrected chi connectivity index (χ2v) is 5.91. The summed E-state index contributed by atoms with van der Waals surface area (Å²) in [5.41, 5.74) is 6.97. The van der Waals surface area contributed by atoms with E-state index in [0.29, 0.717) is 10.8 Å². The zero-order valence-electron chi connectivity index (χ0n) is 9.74. The van der Waals surface area contributed by atoms with Crippen LogP contribution in [0.15, 0.2) is 42.0 Å². The highest BCUT2D eigenvalue weighted by atomic mass is 14.7. The highest BCUT2D eigenvalue weighted by molar-refractivity contribution is 5.80. The Morgan fingerprint density at radius 3 is 2.82 bits per heavy atom. The summed E-state index contributed by atoms with van der Waals surface area (Å²) in [6, 6.07) is 6.74. The molecule has 2 unspecified atom stereocenters. The van der Waals surface area contributed by atoms with Gasteiger partial charge < -0.3 is 0 Å². The number of hydrogen-bond donors (Lipinski definition) is 0. The van der Waals surface area contributed by atoms with Gasteiger partial charge in [0.2, 0.25) is 0 Å². The molecule has 0 amide bonds. The van der Waals surface area contributed by atoms with Crippen molar-refractivity contribution >= 4 is 12.2 Å². The van der Waals surface area contributed by atoms with Crippen LogP contribution in [0, 0.1) is 5.41 Å². The first-order valence-corrected chi connectivity index (χ1v) is 6.57. The van der Waals surface area contributed by atoms with Crippen LogP contribution >= 0.6 is 0 Å². The van der Waals surface area contributed by atoms with E-state index in [0.717, 1.165) is 0 Å². The highest BCUT2D eigenvalue weighted by Crippen LogP contribution is 2.76. The lowest BCUT2D eigenvalue weighted by Crippen LogP contribution is -2.28. The Balaban J connectivity index is 1.97. The number of benzene rings is 1. The van der Waals surface area contributed by atoms with Gasteiger partial charge in [-0.2, -0.15) is 0 Å². The molecule has 0 bridgehead atoms. The van der Waals surface area contributed by atoms with E-state index in [1.807, 2.05) is 0 Å². The molecular formula is C17H14. The molecule has 1 spiro atoms. The molecule has 4 aliphatic rings. The van der Waals surface area contributed by atoms with Crippen LogP contribution in [0.5, 0.6) is 0 Å². The van der Waals surface area contributed by atoms with E-state index in [4.69, 9.17) is 0 Å². The minimum atomic E-state index is 0.376. The Bertz CT molecular complexity index is 644. The van der Waals surface area contributed by atoms with Crippen molar-refractivity contribution < 1.29 is 0 Å². The van der Waals surface area contributed by atoms with Crippen LogP contribution in [0.25, 0.3) is 12.2 Å². The van der Waals surface area contributed by atoms with Gasteiger partial charge in [-0.15, -0.1) is 0 Å². The van der Waals surface area contributed by atoms with Crippen molar-refractivity contribution in [3.63, 3.8) is 0 Å². The predicted octanol–water partition coefficient (Wildman–Crippen LogP) is 4.09. The fraction of sp³-hybridized carbons (Fsp3) is 0.294. The van der Waals surface area contributed by atoms with Crippen molar-refractivity contribution in [2.75, 3.05) is 0 Å². The molecule has 0 nitrogen and oxygen atoms in total. The third-order valence-corrected chi connectivity index (χ3v) is 5.33. The van der Waals surface area contributed by atoms with Gasteiger partial charge in [-0.3, -0.25) is 0 Å². The molecule has 5 rings (SSSR count). The van der Waals surface area contributed by atoms with E-state index in [2.05, 4.69) is 48.6 Å². The lowest BCUT2D eigenvalue weighted by Gasteiger charge is -2.36. The normalized spacial score (nSPS) is 38.2. The molecule has 82 valence electrons. The Morgan fingerprint density at radius 1 is 1.00 bits per heavy atom. The molecule has 0 N–H and O–H groups in total. The topological polar surface area (TPSA) is 0 Å². The summed E-state index contributed by atoms with van der Waals surface area (Å²) in [7, 11) is 0. The number of hydrogen-bond acceptors (Lipinski definition) is 0. The van der Waals surface area contributed by atoms with Crippen LogP contribution in [0.3, 0.4) is 0 Å². The maximum Gasteiger partial charge on any atom is 0.0311 e. The quantitative estimate of drug-likeness (QED) is 0.615. The first-order chi connectivity index (χ1) is 8.36. The molecule has 0 heteroatoms. The predicted molar refractivity (Wildman–Crippen MR) is 70.6 cm³/mol. The molecule has 17 heavy (non-hydrogen) atoms. The van der Waals surface area contributed by atoms with Gasteiger partial charge in [0, 0.05) is 10.8 Å². The van der Waals surface area contributed by atoms with Gasteiger partial charge in [0.15, 0.2) is 0 Å². The Kier molecular flexibility index (Phi) is 1.17. The summed E-state index contributed by atoms with van der Waals surface area (Å²) in [5, 5.41) is 0. The summed E-state index contributed by atoms with van der Waals surface area (Å²) in [5.74, 6) is 0. The van der Waals surface area contributed by atoms with Crippen molar-refractivity contribution in [3.8, 4) is 0 Å². The van der Waals surface area contributed by atoms with E-state index in [1.54, 1.807) is 11.1 Å². The first kappa shape index (κ1) is 8.52. The molecular weight excluding hydrogens is 204 g/mol. The molecule has 0 aromatic heterocycles. The molecule has 2 atom stereocenters. The van der Waals surface area contributed by atoms with E-state index >= 15 is 0 Å². The Hall–Kier alpha value is -1.56. The summed E-state index contributed by atoms with van der Waals surface area (Å²) >= 11 is 0. The van der Waals surface area contributed by atoms with Gasteiger partial charge in [-0.05, 0) is 41.5 Å². The third kappa shape index (κ3) is 0.727. The minimum absolute atomic E-state index is 0.376. The maximum atomic E-state index is 2.51. The third-order valence-electron chi connectivity index (χ3n) is 5.33. The fourth-order valence-electron chi connectivity index (χ4n) is 4.54. The van der Waals surface area contributed by atoms with Crippen molar-refractivity contribution in [1.29, 1.82) is 0 Å². The van der Waals surface area contributed by atoms with Crippen molar-refractivity contribution in [2.45, 2.75) is 24.7 Å². The molecule has 1 saturated carbocycles. The number of allylic oxidation sites excluding steroid dienone is 4. The highest BCUT2D eigenvalue weighted by Gasteiger charge is 2.70. The van der Waals surface area contributed by atoms with E-state index in [1.165, 1.54) is 30.4 Å². The van der Waals surface area contributed by atoms with Gasteiger partial charge in [-0.1, -0.05) is 48.6 Å². The van der Waals surface area contributed by atoms with Gasteiger partial charge in [0.25, 0.3) is 0 Å². The second-order valence-electron chi connectivity index (χ2n) is 5.91. The molecule has 1 aromatic carbocycles. The van der Waals surface area contributed by atoms with Crippen molar-refractivity contribution in [2.24, 2.45) is 5.41 Å². The SMILES string of the molecule is C1=Cc2cccc3c2C24CC2(C=C3)CCC=C14. The van der Waals surface area contributed by atoms with Crippen molar-refractivity contribution in [3.05, 3.63) is 58.7 Å². The molecule has 1 fully saturated rings. The molecule has 1 aromatic rings. The van der Waals surface area contributed by atoms with Crippen LogP contribution in [-0.4, -0.2) is 0 Å². The lowest BCUT2D eigenvalue weighted by atomic mass is 9.67. The summed E-state index contributed by atoms with van der Waals surface area (Å²) in [6.07, 6.45) is 16.0. The summed E-state index contributed by atoms with van der Waals surface area (Å²) in [4.78, 5) is 0. The summed E-state index contributed by atoms with van der Waals surface area (Å²) in [6.45, 7) is 0. The Labute approximate surface area is 101 Å². The fourth-order valence-corrected chi connectivity index (χ4v) is 4.54. The maximum absolute atomic E-state index is 2.51. The molecule has 0 saturated heterocycles. The second kappa shape index (κ2) is 2.33. The van der Waals surface area contributed by atoms with Crippen LogP contribution in [0.1, 0.15) is 36.0 Å². The van der Waals surface area contributed by atoms with E-state index < -0.39 is 0 Å². The van der Waals surface area contributed by atoms with Crippen LogP contribution in [0.2, 0.25) is 0 Å². The van der Waals surface area contributed by atoms with Gasteiger partial charge in [0.05, 0.1) is 0 Å². The smallest absolute Gasteiger partial charge is 0.0311 e. The number of rotatable bonds is 0. The van der Waals surface area contributed by atoms with Crippen LogP contribution < -0.4 is 0 Å². The van der Waals surface area contributed by atoms with Gasteiger partial charge in [0.1, 0.15) is 0 Å². The van der Waals surface area contributed by atoms with Crippen LogP contribution in [-0.2, 0) is 5.41 Å². The minimum Gasteiger partial charge on any atom is -0.0803 e. The van der Waals surface area contributed by atoms with Gasteiger partial charge in [-0.25, -0.2) is 0 Å². The van der Waals surface area contributed by atoms with E-state index in [-0.39, 0.29) is 0 Å².